The van der Waals surface area contributed by atoms with Crippen molar-refractivity contribution in [1.82, 2.24) is 4.90 Å². The van der Waals surface area contributed by atoms with Crippen molar-refractivity contribution in [2.75, 3.05) is 26.2 Å². The van der Waals surface area contributed by atoms with Crippen LogP contribution in [0.1, 0.15) is 30.4 Å². The summed E-state index contributed by atoms with van der Waals surface area (Å²) in [6, 6.07) is 3.03. The maximum Gasteiger partial charge on any atom is 0.338 e. The van der Waals surface area contributed by atoms with Gasteiger partial charge in [-0.1, -0.05) is 23.7 Å². The highest BCUT2D eigenvalue weighted by Gasteiger charge is 2.40. The Kier molecular flexibility index (Phi) is 3.69. The molecule has 2 bridgehead atoms. The molecule has 1 aromatic rings. The molecule has 0 atom stereocenters. The molecule has 5 heteroatoms. The average Bonchev–Trinajstić information content (AvgIpc) is 3.03. The molecule has 3 nitrogen and oxygen atoms in total. The van der Waals surface area contributed by atoms with Gasteiger partial charge in [0.25, 0.3) is 0 Å². The fourth-order valence-corrected chi connectivity index (χ4v) is 4.25. The van der Waals surface area contributed by atoms with Crippen LogP contribution in [0.2, 0.25) is 5.02 Å². The molecule has 0 aromatic heterocycles. The number of allylic oxidation sites excluding steroid dienone is 1. The monoisotopic (exact) mass is 335 g/mol. The maximum absolute atomic E-state index is 13.7. The van der Waals surface area contributed by atoms with E-state index in [9.17, 15) is 9.18 Å². The largest absolute Gasteiger partial charge is 0.461 e. The van der Waals surface area contributed by atoms with E-state index in [1.807, 2.05) is 0 Å². The highest BCUT2D eigenvalue weighted by molar-refractivity contribution is 6.35. The molecule has 122 valence electrons. The number of hydrogen-bond acceptors (Lipinski definition) is 3. The lowest BCUT2D eigenvalue weighted by atomic mass is 9.73. The van der Waals surface area contributed by atoms with Gasteiger partial charge in [0.15, 0.2) is 0 Å². The number of nitrogens with zero attached hydrogens (tertiary/aromatic N) is 1. The molecule has 0 radical (unpaired) electrons. The van der Waals surface area contributed by atoms with E-state index in [4.69, 9.17) is 16.3 Å². The van der Waals surface area contributed by atoms with Crippen LogP contribution in [0.5, 0.6) is 0 Å². The quantitative estimate of drug-likeness (QED) is 0.792. The molecule has 3 saturated heterocycles. The highest BCUT2D eigenvalue weighted by atomic mass is 35.5. The van der Waals surface area contributed by atoms with Crippen LogP contribution in [0.4, 0.5) is 4.39 Å². The summed E-state index contributed by atoms with van der Waals surface area (Å²) in [6.07, 6.45) is 5.65. The van der Waals surface area contributed by atoms with Crippen LogP contribution in [-0.4, -0.2) is 37.1 Å². The van der Waals surface area contributed by atoms with Gasteiger partial charge in [0.05, 0.1) is 17.2 Å². The molecule has 3 heterocycles. The summed E-state index contributed by atoms with van der Waals surface area (Å²) in [5.74, 6) is -0.872. The average molecular weight is 336 g/mol. The van der Waals surface area contributed by atoms with E-state index in [0.29, 0.717) is 24.2 Å². The summed E-state index contributed by atoms with van der Waals surface area (Å²) < 4.78 is 19.3. The van der Waals surface area contributed by atoms with Crippen molar-refractivity contribution in [1.29, 1.82) is 0 Å². The zero-order valence-corrected chi connectivity index (χ0v) is 13.7. The van der Waals surface area contributed by atoms with E-state index in [1.54, 1.807) is 12.1 Å². The van der Waals surface area contributed by atoms with Crippen molar-refractivity contribution in [3.05, 3.63) is 40.2 Å². The molecule has 0 spiro atoms. The van der Waals surface area contributed by atoms with Gasteiger partial charge in [-0.2, -0.15) is 0 Å². The third kappa shape index (κ3) is 2.58. The standard InChI is InChI=1S/C18H19ClFNO2/c19-16-14(20)4-2-12-1-3-13(15(12)16)17(22)23-11-18-5-8-21(9-6-18)10-7-18/h2-4H,1,5-11H2. The molecule has 23 heavy (non-hydrogen) atoms. The Hall–Kier alpha value is -1.39. The summed E-state index contributed by atoms with van der Waals surface area (Å²) in [5, 5.41) is 0.0207. The number of hydrogen-bond donors (Lipinski definition) is 0. The molecule has 5 rings (SSSR count). The Morgan fingerprint density at radius 2 is 1.96 bits per heavy atom. The predicted molar refractivity (Wildman–Crippen MR) is 86.8 cm³/mol. The van der Waals surface area contributed by atoms with Gasteiger partial charge in [-0.05, 0) is 56.9 Å². The van der Waals surface area contributed by atoms with E-state index >= 15 is 0 Å². The lowest BCUT2D eigenvalue weighted by Crippen LogP contribution is -2.50. The predicted octanol–water partition coefficient (Wildman–Crippen LogP) is 3.45. The zero-order chi connectivity index (χ0) is 16.0. The Balaban J connectivity index is 1.48. The molecule has 0 saturated carbocycles. The Labute approximate surface area is 140 Å². The van der Waals surface area contributed by atoms with Gasteiger partial charge in [-0.3, -0.25) is 0 Å². The van der Waals surface area contributed by atoms with Crippen molar-refractivity contribution >= 4 is 23.1 Å². The first-order valence-corrected chi connectivity index (χ1v) is 8.53. The SMILES string of the molecule is O=C(OCC12CCN(CC1)CC2)C1=CCc2ccc(F)c(Cl)c21. The fraction of sp³-hybridized carbons (Fsp3) is 0.500. The summed E-state index contributed by atoms with van der Waals surface area (Å²) in [7, 11) is 0. The van der Waals surface area contributed by atoms with E-state index in [1.165, 1.54) is 6.07 Å². The second-order valence-corrected chi connectivity index (χ2v) is 7.26. The smallest absolute Gasteiger partial charge is 0.338 e. The van der Waals surface area contributed by atoms with Crippen LogP contribution in [0.25, 0.3) is 5.57 Å². The van der Waals surface area contributed by atoms with Crippen molar-refractivity contribution in [3.8, 4) is 0 Å². The molecule has 1 aromatic carbocycles. The van der Waals surface area contributed by atoms with E-state index < -0.39 is 5.82 Å². The Morgan fingerprint density at radius 3 is 2.65 bits per heavy atom. The minimum absolute atomic E-state index is 0.0207. The topological polar surface area (TPSA) is 29.5 Å². The molecule has 3 fully saturated rings. The minimum atomic E-state index is -0.496. The van der Waals surface area contributed by atoms with Gasteiger partial charge in [-0.25, -0.2) is 9.18 Å². The molecular weight excluding hydrogens is 317 g/mol. The first-order chi connectivity index (χ1) is 11.1. The number of piperidine rings is 3. The molecule has 3 aliphatic heterocycles. The number of benzene rings is 1. The third-order valence-corrected chi connectivity index (χ3v) is 5.95. The summed E-state index contributed by atoms with van der Waals surface area (Å²) in [4.78, 5) is 15.0. The second kappa shape index (κ2) is 5.60. The molecule has 0 N–H and O–H groups in total. The van der Waals surface area contributed by atoms with Crippen molar-refractivity contribution < 1.29 is 13.9 Å². The fourth-order valence-electron chi connectivity index (χ4n) is 3.96. The number of esters is 1. The van der Waals surface area contributed by atoms with Gasteiger partial charge in [-0.15, -0.1) is 0 Å². The van der Waals surface area contributed by atoms with Crippen LogP contribution >= 0.6 is 11.6 Å². The van der Waals surface area contributed by atoms with Gasteiger partial charge >= 0.3 is 5.97 Å². The third-order valence-electron chi connectivity index (χ3n) is 5.58. The van der Waals surface area contributed by atoms with Gasteiger partial charge in [0.1, 0.15) is 5.82 Å². The summed E-state index contributed by atoms with van der Waals surface area (Å²) in [5.41, 5.74) is 1.94. The molecule has 0 unspecified atom stereocenters. The van der Waals surface area contributed by atoms with Crippen molar-refractivity contribution in [3.63, 3.8) is 0 Å². The van der Waals surface area contributed by atoms with Crippen LogP contribution < -0.4 is 0 Å². The molecule has 1 aliphatic carbocycles. The van der Waals surface area contributed by atoms with E-state index in [-0.39, 0.29) is 16.4 Å². The summed E-state index contributed by atoms with van der Waals surface area (Å²) in [6.45, 7) is 3.75. The van der Waals surface area contributed by atoms with Crippen molar-refractivity contribution in [2.45, 2.75) is 25.7 Å². The second-order valence-electron chi connectivity index (χ2n) is 6.89. The number of carbonyl (C=O) groups is 1. The van der Waals surface area contributed by atoms with Crippen LogP contribution in [0, 0.1) is 11.2 Å². The number of rotatable bonds is 3. The lowest BCUT2D eigenvalue weighted by molar-refractivity contribution is -0.143. The van der Waals surface area contributed by atoms with Crippen LogP contribution in [0.3, 0.4) is 0 Å². The Morgan fingerprint density at radius 1 is 1.26 bits per heavy atom. The normalized spacial score (nSPS) is 28.4. The van der Waals surface area contributed by atoms with Crippen LogP contribution in [-0.2, 0) is 16.0 Å². The molecule has 0 amide bonds. The number of fused-ring (bicyclic) bond motifs is 4. The summed E-state index contributed by atoms with van der Waals surface area (Å²) >= 11 is 6.06. The van der Waals surface area contributed by atoms with E-state index in [0.717, 1.165) is 44.5 Å². The van der Waals surface area contributed by atoms with Gasteiger partial charge < -0.3 is 9.64 Å². The zero-order valence-electron chi connectivity index (χ0n) is 12.9. The maximum atomic E-state index is 13.7. The minimum Gasteiger partial charge on any atom is -0.461 e. The molecular formula is C18H19ClFNO2. The molecule has 4 aliphatic rings. The van der Waals surface area contributed by atoms with E-state index in [2.05, 4.69) is 4.90 Å². The number of carbonyl (C=O) groups excluding carboxylic acids is 1. The number of halogens is 2. The van der Waals surface area contributed by atoms with Crippen LogP contribution in [0.15, 0.2) is 18.2 Å². The van der Waals surface area contributed by atoms with Crippen molar-refractivity contribution in [2.24, 2.45) is 5.41 Å². The first kappa shape index (κ1) is 15.2. The Bertz CT molecular complexity index is 679. The van der Waals surface area contributed by atoms with Gasteiger partial charge in [0, 0.05) is 11.0 Å². The highest BCUT2D eigenvalue weighted by Crippen LogP contribution is 2.41. The number of ether oxygens (including phenoxy) is 1. The lowest BCUT2D eigenvalue weighted by Gasteiger charge is -2.47. The first-order valence-electron chi connectivity index (χ1n) is 8.15. The van der Waals surface area contributed by atoms with Gasteiger partial charge in [0.2, 0.25) is 0 Å².